The Morgan fingerprint density at radius 1 is 1.19 bits per heavy atom. The molecule has 3 rings (SSSR count). The molecule has 2 aromatic carbocycles. The van der Waals surface area contributed by atoms with Gasteiger partial charge in [0.2, 0.25) is 0 Å². The maximum atomic E-state index is 13.1. The largest absolute Gasteiger partial charge is 0.504 e. The molecular weight excluding hydrogens is 392 g/mol. The molecule has 1 aromatic heterocycles. The summed E-state index contributed by atoms with van der Waals surface area (Å²) in [4.78, 5) is 19.3. The Balaban J connectivity index is 2.01. The number of benzene rings is 2. The smallest absolute Gasteiger partial charge is 0.263 e. The van der Waals surface area contributed by atoms with Crippen molar-refractivity contribution in [2.24, 2.45) is 0 Å². The molecule has 1 heterocycles. The number of aromatic hydroxyl groups is 1. The van der Waals surface area contributed by atoms with Gasteiger partial charge in [0, 0.05) is 13.1 Å². The third-order valence-corrected chi connectivity index (χ3v) is 4.87. The lowest BCUT2D eigenvalue weighted by Gasteiger charge is -2.20. The summed E-state index contributed by atoms with van der Waals surface area (Å²) in [5.41, 5.74) is 0.691. The zero-order valence-corrected chi connectivity index (χ0v) is 16.4. The van der Waals surface area contributed by atoms with Crippen molar-refractivity contribution in [1.29, 1.82) is 0 Å². The van der Waals surface area contributed by atoms with E-state index in [4.69, 9.17) is 23.2 Å². The topological polar surface area (TPSA) is 58.4 Å². The molecule has 3 aromatic rings. The van der Waals surface area contributed by atoms with Gasteiger partial charge in [0.15, 0.2) is 5.75 Å². The fourth-order valence-electron chi connectivity index (χ4n) is 3.00. The standard InChI is InChI=1S/C19H18Cl2FN3O2/c1-3-25-15(10-24(2)9-11-4-6-12(22)7-5-11)23-17-16(19(25)27)13(20)8-14(21)18(17)26/h4-8,26H,3,9-10H2,1-2H3. The van der Waals surface area contributed by atoms with E-state index in [1.807, 2.05) is 18.9 Å². The first-order valence-corrected chi connectivity index (χ1v) is 9.10. The molecule has 0 saturated heterocycles. The normalized spacial score (nSPS) is 11.5. The van der Waals surface area contributed by atoms with Crippen molar-refractivity contribution in [2.45, 2.75) is 26.6 Å². The Labute approximate surface area is 165 Å². The molecule has 0 saturated carbocycles. The monoisotopic (exact) mass is 409 g/mol. The van der Waals surface area contributed by atoms with E-state index in [0.29, 0.717) is 25.5 Å². The molecule has 5 nitrogen and oxygen atoms in total. The quantitative estimate of drug-likeness (QED) is 0.685. The first-order chi connectivity index (χ1) is 12.8. The summed E-state index contributed by atoms with van der Waals surface area (Å²) in [5, 5.41) is 10.6. The predicted molar refractivity (Wildman–Crippen MR) is 105 cm³/mol. The summed E-state index contributed by atoms with van der Waals surface area (Å²) in [6, 6.07) is 7.56. The summed E-state index contributed by atoms with van der Waals surface area (Å²) >= 11 is 12.1. The van der Waals surface area contributed by atoms with Crippen LogP contribution in [0.5, 0.6) is 5.75 Å². The molecule has 8 heteroatoms. The van der Waals surface area contributed by atoms with Crippen LogP contribution in [0.15, 0.2) is 35.1 Å². The van der Waals surface area contributed by atoms with Crippen LogP contribution in [0.4, 0.5) is 4.39 Å². The van der Waals surface area contributed by atoms with Crippen molar-refractivity contribution in [3.05, 3.63) is 67.9 Å². The molecular formula is C19H18Cl2FN3O2. The summed E-state index contributed by atoms with van der Waals surface area (Å²) in [6.45, 7) is 3.13. The van der Waals surface area contributed by atoms with Gasteiger partial charge in [-0.05, 0) is 37.7 Å². The lowest BCUT2D eigenvalue weighted by molar-refractivity contribution is 0.303. The Bertz CT molecular complexity index is 1050. The Morgan fingerprint density at radius 3 is 2.48 bits per heavy atom. The highest BCUT2D eigenvalue weighted by molar-refractivity contribution is 6.39. The Morgan fingerprint density at radius 2 is 1.85 bits per heavy atom. The molecule has 0 unspecified atom stereocenters. The highest BCUT2D eigenvalue weighted by atomic mass is 35.5. The van der Waals surface area contributed by atoms with Gasteiger partial charge in [-0.3, -0.25) is 14.3 Å². The van der Waals surface area contributed by atoms with E-state index in [9.17, 15) is 14.3 Å². The molecule has 0 aliphatic carbocycles. The van der Waals surface area contributed by atoms with Crippen molar-refractivity contribution in [3.8, 4) is 5.75 Å². The number of halogens is 3. The molecule has 0 spiro atoms. The van der Waals surface area contributed by atoms with Gasteiger partial charge >= 0.3 is 0 Å². The fraction of sp³-hybridized carbons (Fsp3) is 0.263. The molecule has 27 heavy (non-hydrogen) atoms. The molecule has 1 N–H and O–H groups in total. The Kier molecular flexibility index (Phi) is 5.69. The minimum Gasteiger partial charge on any atom is -0.504 e. The van der Waals surface area contributed by atoms with Crippen molar-refractivity contribution in [1.82, 2.24) is 14.5 Å². The number of fused-ring (bicyclic) bond motifs is 1. The number of aromatic nitrogens is 2. The van der Waals surface area contributed by atoms with Gasteiger partial charge in [0.25, 0.3) is 5.56 Å². The second-order valence-corrected chi connectivity index (χ2v) is 7.10. The van der Waals surface area contributed by atoms with Crippen LogP contribution in [0.1, 0.15) is 18.3 Å². The molecule has 0 aliphatic rings. The van der Waals surface area contributed by atoms with Crippen LogP contribution in [0.2, 0.25) is 10.0 Å². The molecule has 0 radical (unpaired) electrons. The second kappa shape index (κ2) is 7.84. The van der Waals surface area contributed by atoms with Crippen LogP contribution in [0.3, 0.4) is 0 Å². The maximum absolute atomic E-state index is 13.1. The maximum Gasteiger partial charge on any atom is 0.263 e. The van der Waals surface area contributed by atoms with Gasteiger partial charge in [-0.15, -0.1) is 0 Å². The summed E-state index contributed by atoms with van der Waals surface area (Å²) in [5.74, 6) is -0.0752. The van der Waals surface area contributed by atoms with Crippen LogP contribution in [-0.2, 0) is 19.6 Å². The molecule has 0 fully saturated rings. The minimum atomic E-state index is -0.329. The predicted octanol–water partition coefficient (Wildman–Crippen LogP) is 4.20. The van der Waals surface area contributed by atoms with Crippen molar-refractivity contribution >= 4 is 34.1 Å². The van der Waals surface area contributed by atoms with Crippen LogP contribution in [0, 0.1) is 5.82 Å². The van der Waals surface area contributed by atoms with Crippen molar-refractivity contribution < 1.29 is 9.50 Å². The zero-order valence-electron chi connectivity index (χ0n) is 14.8. The number of rotatable bonds is 5. The van der Waals surface area contributed by atoms with E-state index in [0.717, 1.165) is 5.56 Å². The van der Waals surface area contributed by atoms with E-state index < -0.39 is 0 Å². The van der Waals surface area contributed by atoms with Crippen molar-refractivity contribution in [2.75, 3.05) is 7.05 Å². The fourth-order valence-corrected chi connectivity index (χ4v) is 3.53. The number of nitrogens with zero attached hydrogens (tertiary/aromatic N) is 3. The summed E-state index contributed by atoms with van der Waals surface area (Å²) in [6.07, 6.45) is 0. The first kappa shape index (κ1) is 19.6. The van der Waals surface area contributed by atoms with Crippen LogP contribution < -0.4 is 5.56 Å². The molecule has 0 amide bonds. The number of hydrogen-bond donors (Lipinski definition) is 1. The van der Waals surface area contributed by atoms with Gasteiger partial charge in [-0.2, -0.15) is 0 Å². The third-order valence-electron chi connectivity index (χ3n) is 4.28. The average molecular weight is 410 g/mol. The lowest BCUT2D eigenvalue weighted by Crippen LogP contribution is -2.29. The summed E-state index contributed by atoms with van der Waals surface area (Å²) < 4.78 is 14.6. The van der Waals surface area contributed by atoms with E-state index in [1.54, 1.807) is 12.1 Å². The Hall–Kier alpha value is -2.15. The van der Waals surface area contributed by atoms with Gasteiger partial charge < -0.3 is 5.11 Å². The third kappa shape index (κ3) is 3.93. The number of phenolic OH excluding ortho intramolecular Hbond substituents is 1. The second-order valence-electron chi connectivity index (χ2n) is 6.29. The number of phenols is 1. The van der Waals surface area contributed by atoms with Crippen LogP contribution in [0.25, 0.3) is 10.9 Å². The molecule has 0 bridgehead atoms. The lowest BCUT2D eigenvalue weighted by atomic mass is 10.2. The van der Waals surface area contributed by atoms with E-state index >= 15 is 0 Å². The van der Waals surface area contributed by atoms with Gasteiger partial charge in [0.05, 0.1) is 22.0 Å². The van der Waals surface area contributed by atoms with E-state index in [-0.39, 0.29) is 38.1 Å². The zero-order chi connectivity index (χ0) is 19.7. The van der Waals surface area contributed by atoms with Gasteiger partial charge in [-0.25, -0.2) is 9.37 Å². The minimum absolute atomic E-state index is 0.0410. The molecule has 0 aliphatic heterocycles. The first-order valence-electron chi connectivity index (χ1n) is 8.35. The van der Waals surface area contributed by atoms with Gasteiger partial charge in [-0.1, -0.05) is 35.3 Å². The van der Waals surface area contributed by atoms with Gasteiger partial charge in [0.1, 0.15) is 17.2 Å². The van der Waals surface area contributed by atoms with E-state index in [2.05, 4.69) is 4.98 Å². The van der Waals surface area contributed by atoms with E-state index in [1.165, 1.54) is 22.8 Å². The average Bonchev–Trinajstić information content (AvgIpc) is 2.61. The molecule has 0 atom stereocenters. The molecule has 142 valence electrons. The van der Waals surface area contributed by atoms with Crippen LogP contribution in [-0.4, -0.2) is 26.6 Å². The SMILES string of the molecule is CCn1c(CN(C)Cc2ccc(F)cc2)nc2c(O)c(Cl)cc(Cl)c2c1=O. The van der Waals surface area contributed by atoms with Crippen molar-refractivity contribution in [3.63, 3.8) is 0 Å². The highest BCUT2D eigenvalue weighted by Gasteiger charge is 2.19. The van der Waals surface area contributed by atoms with Crippen LogP contribution >= 0.6 is 23.2 Å². The summed E-state index contributed by atoms with van der Waals surface area (Å²) in [7, 11) is 1.87. The number of hydrogen-bond acceptors (Lipinski definition) is 4. The highest BCUT2D eigenvalue weighted by Crippen LogP contribution is 2.34.